The molecule has 1 N–H and O–H groups in total. The zero-order valence-electron chi connectivity index (χ0n) is 21.8. The van der Waals surface area contributed by atoms with Crippen molar-refractivity contribution in [1.82, 2.24) is 35.3 Å². The standard InChI is InChI=1S/C28H27N7O4S/c1-19-24(17-40(37)28-32-22-6-2-3-7-23(22)33-28)29-13-12-25(19)38-14-4-5-15-39-26(36)16-20-8-10-21(11-9-20)27-34-30-18-31-35-27/h2-3,6-13,18H,4-5,14-17H2,1H3,(H,32,33). The second-order valence-electron chi connectivity index (χ2n) is 8.95. The Hall–Kier alpha value is -4.58. The van der Waals surface area contributed by atoms with Gasteiger partial charge in [-0.2, -0.15) is 0 Å². The number of aromatic nitrogens is 7. The number of para-hydroxylation sites is 2. The van der Waals surface area contributed by atoms with Crippen molar-refractivity contribution < 1.29 is 18.5 Å². The molecule has 12 heteroatoms. The van der Waals surface area contributed by atoms with Crippen LogP contribution in [0.15, 0.2) is 72.3 Å². The van der Waals surface area contributed by atoms with Crippen LogP contribution in [-0.2, 0) is 32.5 Å². The first-order valence-corrected chi connectivity index (χ1v) is 14.0. The van der Waals surface area contributed by atoms with Gasteiger partial charge in [-0.15, -0.1) is 20.4 Å². The number of hydrogen-bond donors (Lipinski definition) is 1. The number of carbonyl (C=O) groups is 1. The highest BCUT2D eigenvalue weighted by atomic mass is 32.2. The van der Waals surface area contributed by atoms with Gasteiger partial charge in [-0.1, -0.05) is 36.4 Å². The summed E-state index contributed by atoms with van der Waals surface area (Å²) in [5.74, 6) is 1.06. The zero-order valence-corrected chi connectivity index (χ0v) is 22.6. The molecule has 3 aromatic heterocycles. The molecule has 0 radical (unpaired) electrons. The normalized spacial score (nSPS) is 11.8. The first kappa shape index (κ1) is 27.0. The second-order valence-corrected chi connectivity index (χ2v) is 10.3. The van der Waals surface area contributed by atoms with Crippen LogP contribution in [0, 0.1) is 6.92 Å². The number of nitrogens with zero attached hydrogens (tertiary/aromatic N) is 6. The number of carbonyl (C=O) groups excluding carboxylic acids is 1. The van der Waals surface area contributed by atoms with Crippen LogP contribution >= 0.6 is 0 Å². The minimum absolute atomic E-state index is 0.178. The summed E-state index contributed by atoms with van der Waals surface area (Å²) < 4.78 is 24.2. The van der Waals surface area contributed by atoms with Gasteiger partial charge in [0.2, 0.25) is 5.82 Å². The molecule has 204 valence electrons. The van der Waals surface area contributed by atoms with Crippen LogP contribution in [0.5, 0.6) is 5.75 Å². The van der Waals surface area contributed by atoms with Crippen molar-refractivity contribution >= 4 is 27.8 Å². The Morgan fingerprint density at radius 2 is 1.75 bits per heavy atom. The number of imidazole rings is 1. The lowest BCUT2D eigenvalue weighted by Gasteiger charge is -2.12. The lowest BCUT2D eigenvalue weighted by molar-refractivity contribution is -0.143. The molecule has 0 aliphatic rings. The maximum atomic E-state index is 12.9. The Morgan fingerprint density at radius 1 is 0.975 bits per heavy atom. The molecule has 0 aliphatic heterocycles. The first-order valence-electron chi connectivity index (χ1n) is 12.7. The Labute approximate surface area is 232 Å². The van der Waals surface area contributed by atoms with Crippen molar-refractivity contribution in [3.05, 3.63) is 83.9 Å². The van der Waals surface area contributed by atoms with E-state index in [0.717, 1.165) is 27.7 Å². The minimum Gasteiger partial charge on any atom is -0.493 e. The van der Waals surface area contributed by atoms with Crippen molar-refractivity contribution in [2.75, 3.05) is 13.2 Å². The summed E-state index contributed by atoms with van der Waals surface area (Å²) in [5, 5.41) is 15.7. The number of unbranched alkanes of at least 4 members (excludes halogenated alkanes) is 1. The number of benzene rings is 2. The molecule has 1 atom stereocenters. The van der Waals surface area contributed by atoms with Crippen LogP contribution < -0.4 is 4.74 Å². The third-order valence-corrected chi connectivity index (χ3v) is 7.30. The van der Waals surface area contributed by atoms with Crippen LogP contribution in [0.3, 0.4) is 0 Å². The third-order valence-electron chi connectivity index (χ3n) is 6.14. The van der Waals surface area contributed by atoms with E-state index in [9.17, 15) is 9.00 Å². The number of nitrogens with one attached hydrogen (secondary N) is 1. The van der Waals surface area contributed by atoms with Gasteiger partial charge in [0.05, 0.1) is 52.9 Å². The van der Waals surface area contributed by atoms with Gasteiger partial charge in [-0.25, -0.2) is 4.98 Å². The van der Waals surface area contributed by atoms with Gasteiger partial charge in [0, 0.05) is 17.3 Å². The lowest BCUT2D eigenvalue weighted by atomic mass is 10.1. The maximum absolute atomic E-state index is 12.9. The molecular weight excluding hydrogens is 530 g/mol. The van der Waals surface area contributed by atoms with Crippen molar-refractivity contribution in [2.45, 2.75) is 37.1 Å². The van der Waals surface area contributed by atoms with Crippen LogP contribution in [0.4, 0.5) is 0 Å². The molecule has 0 saturated carbocycles. The fourth-order valence-electron chi connectivity index (χ4n) is 3.97. The molecule has 1 unspecified atom stereocenters. The molecule has 2 aromatic carbocycles. The smallest absolute Gasteiger partial charge is 0.310 e. The number of hydrogen-bond acceptors (Lipinski definition) is 10. The SMILES string of the molecule is Cc1c(OCCCCOC(=O)Cc2ccc(-c3nncnn3)cc2)ccnc1CS(=O)c1nc2ccccc2[nH]1. The van der Waals surface area contributed by atoms with E-state index in [-0.39, 0.29) is 18.1 Å². The monoisotopic (exact) mass is 557 g/mol. The molecule has 0 fully saturated rings. The van der Waals surface area contributed by atoms with Crippen LogP contribution in [0.1, 0.15) is 29.7 Å². The van der Waals surface area contributed by atoms with Gasteiger partial charge in [0.25, 0.3) is 0 Å². The number of fused-ring (bicyclic) bond motifs is 1. The summed E-state index contributed by atoms with van der Waals surface area (Å²) in [5.41, 5.74) is 4.77. The molecule has 5 aromatic rings. The Bertz CT molecular complexity index is 1580. The molecule has 0 spiro atoms. The summed E-state index contributed by atoms with van der Waals surface area (Å²) in [6, 6.07) is 16.7. The molecular formula is C28H27N7O4S. The fourth-order valence-corrected chi connectivity index (χ4v) is 5.07. The van der Waals surface area contributed by atoms with Crippen molar-refractivity contribution in [3.8, 4) is 17.1 Å². The average molecular weight is 558 g/mol. The highest BCUT2D eigenvalue weighted by Crippen LogP contribution is 2.23. The first-order chi connectivity index (χ1) is 19.6. The molecule has 0 bridgehead atoms. The van der Waals surface area contributed by atoms with E-state index >= 15 is 0 Å². The second kappa shape index (κ2) is 13.0. The predicted molar refractivity (Wildman–Crippen MR) is 148 cm³/mol. The molecule has 40 heavy (non-hydrogen) atoms. The number of rotatable bonds is 12. The summed E-state index contributed by atoms with van der Waals surface area (Å²) in [7, 11) is -1.37. The maximum Gasteiger partial charge on any atom is 0.310 e. The van der Waals surface area contributed by atoms with E-state index in [1.807, 2.05) is 55.5 Å². The Morgan fingerprint density at radius 3 is 2.55 bits per heavy atom. The van der Waals surface area contributed by atoms with Gasteiger partial charge in [0.15, 0.2) is 11.5 Å². The van der Waals surface area contributed by atoms with Gasteiger partial charge in [-0.3, -0.25) is 14.0 Å². The van der Waals surface area contributed by atoms with E-state index in [1.165, 1.54) is 6.33 Å². The summed E-state index contributed by atoms with van der Waals surface area (Å²) in [4.78, 5) is 24.2. The molecule has 0 aliphatic carbocycles. The summed E-state index contributed by atoms with van der Waals surface area (Å²) in [6.45, 7) is 2.68. The highest BCUT2D eigenvalue weighted by molar-refractivity contribution is 7.84. The number of pyridine rings is 1. The minimum atomic E-state index is -1.37. The van der Waals surface area contributed by atoms with Gasteiger partial charge >= 0.3 is 5.97 Å². The lowest BCUT2D eigenvalue weighted by Crippen LogP contribution is -2.10. The number of esters is 1. The van der Waals surface area contributed by atoms with Crippen molar-refractivity contribution in [2.24, 2.45) is 0 Å². The molecule has 5 rings (SSSR count). The van der Waals surface area contributed by atoms with Gasteiger partial charge in [0.1, 0.15) is 5.75 Å². The van der Waals surface area contributed by atoms with Gasteiger partial charge < -0.3 is 14.5 Å². The summed E-state index contributed by atoms with van der Waals surface area (Å²) >= 11 is 0. The summed E-state index contributed by atoms with van der Waals surface area (Å²) in [6.07, 6.45) is 4.48. The molecule has 0 amide bonds. The van der Waals surface area contributed by atoms with Crippen LogP contribution in [0.2, 0.25) is 0 Å². The Kier molecular flexibility index (Phi) is 8.76. The average Bonchev–Trinajstić information content (AvgIpc) is 3.42. The number of aromatic amines is 1. The number of ether oxygens (including phenoxy) is 2. The predicted octanol–water partition coefficient (Wildman–Crippen LogP) is 3.77. The Balaban J connectivity index is 1.03. The highest BCUT2D eigenvalue weighted by Gasteiger charge is 2.15. The van der Waals surface area contributed by atoms with E-state index in [4.69, 9.17) is 9.47 Å². The molecule has 0 saturated heterocycles. The van der Waals surface area contributed by atoms with E-state index in [2.05, 4.69) is 35.3 Å². The van der Waals surface area contributed by atoms with E-state index in [0.29, 0.717) is 48.5 Å². The zero-order chi connectivity index (χ0) is 27.7. The van der Waals surface area contributed by atoms with Crippen molar-refractivity contribution in [3.63, 3.8) is 0 Å². The van der Waals surface area contributed by atoms with E-state index < -0.39 is 10.8 Å². The van der Waals surface area contributed by atoms with Crippen LogP contribution in [-0.4, -0.2) is 58.7 Å². The molecule has 3 heterocycles. The van der Waals surface area contributed by atoms with E-state index in [1.54, 1.807) is 12.3 Å². The van der Waals surface area contributed by atoms with Crippen LogP contribution in [0.25, 0.3) is 22.4 Å². The molecule has 11 nitrogen and oxygen atoms in total. The fraction of sp³-hybridized carbons (Fsp3) is 0.250. The quantitative estimate of drug-likeness (QED) is 0.178. The van der Waals surface area contributed by atoms with Crippen molar-refractivity contribution in [1.29, 1.82) is 0 Å². The topological polar surface area (TPSA) is 146 Å². The largest absolute Gasteiger partial charge is 0.493 e. The third kappa shape index (κ3) is 6.89. The number of H-pyrrole nitrogens is 1. The van der Waals surface area contributed by atoms with Gasteiger partial charge in [-0.05, 0) is 43.5 Å².